The van der Waals surface area contributed by atoms with Crippen LogP contribution in [0.15, 0.2) is 40.2 Å². The highest BCUT2D eigenvalue weighted by Gasteiger charge is 2.25. The fourth-order valence-corrected chi connectivity index (χ4v) is 4.69. The Morgan fingerprint density at radius 1 is 1.19 bits per heavy atom. The van der Waals surface area contributed by atoms with Gasteiger partial charge in [0.25, 0.3) is 12.0 Å². The van der Waals surface area contributed by atoms with Crippen molar-refractivity contribution in [1.29, 1.82) is 0 Å². The summed E-state index contributed by atoms with van der Waals surface area (Å²) in [5, 5.41) is 3.41. The predicted octanol–water partition coefficient (Wildman–Crippen LogP) is 4.30. The molecule has 0 aliphatic heterocycles. The molecule has 0 bridgehead atoms. The lowest BCUT2D eigenvalue weighted by Crippen LogP contribution is -2.28. The van der Waals surface area contributed by atoms with Gasteiger partial charge in [0.2, 0.25) is 5.95 Å². The summed E-state index contributed by atoms with van der Waals surface area (Å²) in [6.07, 6.45) is 3.01. The maximum atomic E-state index is 13.4. The minimum Gasteiger partial charge on any atom is -0.324 e. The molecule has 0 amide bonds. The Morgan fingerprint density at radius 2 is 1.90 bits per heavy atom. The summed E-state index contributed by atoms with van der Waals surface area (Å²) >= 11 is 0. The van der Waals surface area contributed by atoms with Crippen LogP contribution < -0.4 is 10.9 Å². The number of pyridine rings is 1. The topological polar surface area (TPSA) is 94.0 Å². The monoisotopic (exact) mass is 448 g/mol. The second kappa shape index (κ2) is 7.99. The zero-order chi connectivity index (χ0) is 22.3. The van der Waals surface area contributed by atoms with Gasteiger partial charge in [-0.3, -0.25) is 9.36 Å². The molecule has 0 spiro atoms. The molecule has 0 atom stereocenters. The van der Waals surface area contributed by atoms with Crippen LogP contribution in [0.4, 0.5) is 20.4 Å². The standard InChI is InChI=1S/C21H22F2N4O3S/c1-12-9-15(31(2,29)30)7-8-17(12)25-21-24-11-13-10-16(18(22)23)20(28)27(19(13)26-21)14-5-3-4-6-14/h7-11,14,18H,3-6H2,1-2H3,(H,24,25,26). The molecule has 1 N–H and O–H groups in total. The Hall–Kier alpha value is -2.88. The lowest BCUT2D eigenvalue weighted by molar-refractivity contribution is 0.149. The summed E-state index contributed by atoms with van der Waals surface area (Å²) < 4.78 is 51.7. The van der Waals surface area contributed by atoms with Crippen molar-refractivity contribution in [3.8, 4) is 0 Å². The Labute approximate surface area is 178 Å². The van der Waals surface area contributed by atoms with E-state index in [1.165, 1.54) is 16.8 Å². The van der Waals surface area contributed by atoms with Gasteiger partial charge in [-0.2, -0.15) is 4.98 Å². The van der Waals surface area contributed by atoms with E-state index >= 15 is 0 Å². The molecule has 1 aliphatic carbocycles. The summed E-state index contributed by atoms with van der Waals surface area (Å²) in [4.78, 5) is 21.7. The average Bonchev–Trinajstić information content (AvgIpc) is 3.22. The van der Waals surface area contributed by atoms with E-state index in [-0.39, 0.29) is 16.9 Å². The number of nitrogens with zero attached hydrogens (tertiary/aromatic N) is 3. The maximum Gasteiger partial charge on any atom is 0.269 e. The molecule has 1 fully saturated rings. The van der Waals surface area contributed by atoms with Crippen molar-refractivity contribution in [3.05, 3.63) is 51.9 Å². The van der Waals surface area contributed by atoms with Gasteiger partial charge in [0.15, 0.2) is 9.84 Å². The molecule has 1 saturated carbocycles. The number of hydrogen-bond acceptors (Lipinski definition) is 6. The van der Waals surface area contributed by atoms with Crippen LogP contribution in [0.25, 0.3) is 11.0 Å². The number of aromatic nitrogens is 3. The Bertz CT molecular complexity index is 1320. The van der Waals surface area contributed by atoms with E-state index in [0.29, 0.717) is 22.3 Å². The Morgan fingerprint density at radius 3 is 2.52 bits per heavy atom. The van der Waals surface area contributed by atoms with Crippen molar-refractivity contribution in [2.45, 2.75) is 50.0 Å². The second-order valence-electron chi connectivity index (χ2n) is 7.86. The van der Waals surface area contributed by atoms with E-state index in [0.717, 1.165) is 38.0 Å². The zero-order valence-corrected chi connectivity index (χ0v) is 17.9. The summed E-state index contributed by atoms with van der Waals surface area (Å²) in [5.41, 5.74) is 0.325. The molecular formula is C21H22F2N4O3S. The quantitative estimate of drug-likeness (QED) is 0.626. The first-order valence-electron chi connectivity index (χ1n) is 9.93. The molecule has 2 heterocycles. The predicted molar refractivity (Wildman–Crippen MR) is 114 cm³/mol. The molecule has 7 nitrogen and oxygen atoms in total. The van der Waals surface area contributed by atoms with Gasteiger partial charge in [0.1, 0.15) is 5.65 Å². The smallest absolute Gasteiger partial charge is 0.269 e. The van der Waals surface area contributed by atoms with Gasteiger partial charge in [-0.15, -0.1) is 0 Å². The number of alkyl halides is 2. The molecule has 4 rings (SSSR count). The molecule has 1 aromatic carbocycles. The van der Waals surface area contributed by atoms with Crippen LogP contribution in [0.5, 0.6) is 0 Å². The van der Waals surface area contributed by atoms with Crippen LogP contribution in [-0.2, 0) is 9.84 Å². The van der Waals surface area contributed by atoms with Crippen molar-refractivity contribution >= 4 is 32.5 Å². The summed E-state index contributed by atoms with van der Waals surface area (Å²) in [6.45, 7) is 1.75. The third-order valence-corrected chi connectivity index (χ3v) is 6.71. The second-order valence-corrected chi connectivity index (χ2v) is 9.88. The van der Waals surface area contributed by atoms with Gasteiger partial charge in [-0.25, -0.2) is 22.2 Å². The Kier molecular flexibility index (Phi) is 5.50. The van der Waals surface area contributed by atoms with Crippen LogP contribution >= 0.6 is 0 Å². The first kappa shape index (κ1) is 21.4. The van der Waals surface area contributed by atoms with Crippen LogP contribution in [0.2, 0.25) is 0 Å². The number of anilines is 2. The highest BCUT2D eigenvalue weighted by Crippen LogP contribution is 2.32. The number of halogens is 2. The number of hydrogen-bond donors (Lipinski definition) is 1. The molecule has 0 saturated heterocycles. The van der Waals surface area contributed by atoms with E-state index in [4.69, 9.17) is 0 Å². The van der Waals surface area contributed by atoms with Gasteiger partial charge in [0.05, 0.1) is 10.5 Å². The third-order valence-electron chi connectivity index (χ3n) is 5.60. The molecule has 164 valence electrons. The van der Waals surface area contributed by atoms with E-state index in [1.807, 2.05) is 0 Å². The number of rotatable bonds is 5. The third kappa shape index (κ3) is 4.16. The number of benzene rings is 1. The normalized spacial score (nSPS) is 15.1. The number of aryl methyl sites for hydroxylation is 1. The van der Waals surface area contributed by atoms with E-state index < -0.39 is 27.4 Å². The summed E-state index contributed by atoms with van der Waals surface area (Å²) in [7, 11) is -3.33. The first-order valence-corrected chi connectivity index (χ1v) is 11.8. The van der Waals surface area contributed by atoms with Crippen LogP contribution in [-0.4, -0.2) is 29.2 Å². The molecule has 0 radical (unpaired) electrons. The molecule has 31 heavy (non-hydrogen) atoms. The van der Waals surface area contributed by atoms with Crippen LogP contribution in [0.3, 0.4) is 0 Å². The van der Waals surface area contributed by atoms with Gasteiger partial charge in [-0.05, 0) is 49.6 Å². The van der Waals surface area contributed by atoms with E-state index in [1.54, 1.807) is 19.1 Å². The van der Waals surface area contributed by atoms with E-state index in [9.17, 15) is 22.0 Å². The van der Waals surface area contributed by atoms with Crippen LogP contribution in [0.1, 0.15) is 49.3 Å². The maximum absolute atomic E-state index is 13.4. The average molecular weight is 448 g/mol. The molecule has 2 aromatic heterocycles. The number of fused-ring (bicyclic) bond motifs is 1. The minimum absolute atomic E-state index is 0.174. The van der Waals surface area contributed by atoms with Gasteiger partial charge in [-0.1, -0.05) is 12.8 Å². The number of sulfone groups is 1. The summed E-state index contributed by atoms with van der Waals surface area (Å²) in [6, 6.07) is 5.62. The molecule has 10 heteroatoms. The van der Waals surface area contributed by atoms with Gasteiger partial charge in [0, 0.05) is 29.6 Å². The fraction of sp³-hybridized carbons (Fsp3) is 0.381. The van der Waals surface area contributed by atoms with Gasteiger partial charge >= 0.3 is 0 Å². The van der Waals surface area contributed by atoms with Crippen molar-refractivity contribution in [2.24, 2.45) is 0 Å². The number of nitrogens with one attached hydrogen (secondary N) is 1. The molecule has 3 aromatic rings. The van der Waals surface area contributed by atoms with Crippen molar-refractivity contribution in [1.82, 2.24) is 14.5 Å². The Balaban J connectivity index is 1.80. The van der Waals surface area contributed by atoms with Crippen molar-refractivity contribution in [3.63, 3.8) is 0 Å². The largest absolute Gasteiger partial charge is 0.324 e. The fourth-order valence-electron chi connectivity index (χ4n) is 3.99. The molecule has 0 unspecified atom stereocenters. The highest BCUT2D eigenvalue weighted by molar-refractivity contribution is 7.90. The minimum atomic E-state index is -3.33. The molecular weight excluding hydrogens is 426 g/mol. The van der Waals surface area contributed by atoms with Gasteiger partial charge < -0.3 is 5.32 Å². The van der Waals surface area contributed by atoms with Crippen molar-refractivity contribution in [2.75, 3.05) is 11.6 Å². The van der Waals surface area contributed by atoms with Crippen LogP contribution in [0, 0.1) is 6.92 Å². The molecule has 1 aliphatic rings. The summed E-state index contributed by atoms with van der Waals surface area (Å²) in [5.74, 6) is 0.193. The lowest BCUT2D eigenvalue weighted by atomic mass is 10.1. The zero-order valence-electron chi connectivity index (χ0n) is 17.1. The SMILES string of the molecule is Cc1cc(S(C)(=O)=O)ccc1Nc1ncc2cc(C(F)F)c(=O)n(C3CCCC3)c2n1. The van der Waals surface area contributed by atoms with Crippen molar-refractivity contribution < 1.29 is 17.2 Å². The highest BCUT2D eigenvalue weighted by atomic mass is 32.2. The first-order chi connectivity index (χ1) is 14.6. The lowest BCUT2D eigenvalue weighted by Gasteiger charge is -2.18. The van der Waals surface area contributed by atoms with E-state index in [2.05, 4.69) is 15.3 Å².